The van der Waals surface area contributed by atoms with Crippen molar-refractivity contribution < 1.29 is 27.0 Å². The van der Waals surface area contributed by atoms with Gasteiger partial charge in [-0.25, -0.2) is 0 Å². The Labute approximate surface area is 92.4 Å². The van der Waals surface area contributed by atoms with Crippen molar-refractivity contribution >= 4 is 22.6 Å². The highest BCUT2D eigenvalue weighted by Crippen LogP contribution is 2.41. The molecule has 0 rings (SSSR count). The van der Waals surface area contributed by atoms with E-state index in [-0.39, 0.29) is 6.42 Å². The largest absolute Gasteiger partial charge is 0.473 e. The van der Waals surface area contributed by atoms with E-state index in [0.717, 1.165) is 6.26 Å². The van der Waals surface area contributed by atoms with Crippen molar-refractivity contribution in [1.29, 1.82) is 0 Å². The van der Waals surface area contributed by atoms with Gasteiger partial charge in [0.1, 0.15) is 0 Å². The summed E-state index contributed by atoms with van der Waals surface area (Å²) in [6.45, 7) is 4.63. The Balaban J connectivity index is 4.39. The monoisotopic (exact) mass is 328 g/mol. The third-order valence-corrected chi connectivity index (χ3v) is 2.06. The molecule has 84 valence electrons. The van der Waals surface area contributed by atoms with E-state index in [0.29, 0.717) is 22.6 Å². The zero-order valence-electron chi connectivity index (χ0n) is 7.28. The highest BCUT2D eigenvalue weighted by Gasteiger charge is 2.57. The minimum Gasteiger partial charge on any atom is -0.473 e. The SMILES string of the molecule is C=COC(CC)OC(F)(I)C(F)(F)F. The molecule has 0 spiro atoms. The van der Waals surface area contributed by atoms with Crippen LogP contribution in [0.25, 0.3) is 0 Å². The molecule has 0 fully saturated rings. The number of alkyl halides is 5. The Morgan fingerprint density at radius 2 is 1.93 bits per heavy atom. The van der Waals surface area contributed by atoms with E-state index in [2.05, 4.69) is 16.1 Å². The highest BCUT2D eigenvalue weighted by atomic mass is 127. The molecule has 0 aromatic heterocycles. The van der Waals surface area contributed by atoms with Crippen LogP contribution in [0, 0.1) is 0 Å². The molecule has 2 unspecified atom stereocenters. The summed E-state index contributed by atoms with van der Waals surface area (Å²) in [6.07, 6.45) is -5.41. The first-order chi connectivity index (χ1) is 6.24. The van der Waals surface area contributed by atoms with Gasteiger partial charge in [0.05, 0.1) is 6.26 Å². The van der Waals surface area contributed by atoms with E-state index < -0.39 is 16.3 Å². The zero-order chi connectivity index (χ0) is 11.4. The second kappa shape index (κ2) is 5.15. The molecule has 7 heteroatoms. The fraction of sp³-hybridized carbons (Fsp3) is 0.714. The number of halogens is 5. The summed E-state index contributed by atoms with van der Waals surface area (Å²) in [5, 5.41) is 0. The summed E-state index contributed by atoms with van der Waals surface area (Å²) in [6, 6.07) is 0. The molecule has 0 heterocycles. The van der Waals surface area contributed by atoms with Crippen LogP contribution in [0.1, 0.15) is 13.3 Å². The maximum absolute atomic E-state index is 12.9. The lowest BCUT2D eigenvalue weighted by atomic mass is 10.5. The highest BCUT2D eigenvalue weighted by molar-refractivity contribution is 14.1. The summed E-state index contributed by atoms with van der Waals surface area (Å²) < 4.78 is 53.7. The van der Waals surface area contributed by atoms with Crippen LogP contribution in [0.3, 0.4) is 0 Å². The lowest BCUT2D eigenvalue weighted by Crippen LogP contribution is -2.40. The molecule has 0 aromatic rings. The smallest absolute Gasteiger partial charge is 0.458 e. The van der Waals surface area contributed by atoms with E-state index in [1.165, 1.54) is 6.92 Å². The van der Waals surface area contributed by atoms with Gasteiger partial charge < -0.3 is 4.74 Å². The standard InChI is InChI=1S/C7H9F4IO2/c1-3-5(13-4-2)14-7(11,12)6(8,9)10/h4-5H,2-3H2,1H3. The Morgan fingerprint density at radius 3 is 2.21 bits per heavy atom. The average molecular weight is 328 g/mol. The fourth-order valence-electron chi connectivity index (χ4n) is 0.547. The molecule has 0 radical (unpaired) electrons. The van der Waals surface area contributed by atoms with Crippen LogP contribution in [-0.4, -0.2) is 16.3 Å². The maximum atomic E-state index is 12.9. The minimum atomic E-state index is -5.09. The average Bonchev–Trinajstić information content (AvgIpc) is 2.01. The van der Waals surface area contributed by atoms with E-state index >= 15 is 0 Å². The van der Waals surface area contributed by atoms with Crippen LogP contribution in [0.4, 0.5) is 17.6 Å². The summed E-state index contributed by atoms with van der Waals surface area (Å²) >= 11 is 0.532. The normalized spacial score (nSPS) is 18.4. The molecule has 0 aromatic carbocycles. The van der Waals surface area contributed by atoms with Gasteiger partial charge in [-0.1, -0.05) is 13.5 Å². The summed E-state index contributed by atoms with van der Waals surface area (Å²) in [5.41, 5.74) is 0. The van der Waals surface area contributed by atoms with Crippen LogP contribution >= 0.6 is 22.6 Å². The topological polar surface area (TPSA) is 18.5 Å². The van der Waals surface area contributed by atoms with Gasteiger partial charge in [0.15, 0.2) is 0 Å². The molecule has 0 amide bonds. The molecule has 2 nitrogen and oxygen atoms in total. The minimum absolute atomic E-state index is 0.0801. The predicted octanol–water partition coefficient (Wildman–Crippen LogP) is 3.52. The maximum Gasteiger partial charge on any atom is 0.458 e. The molecule has 2 atom stereocenters. The molecule has 0 aliphatic heterocycles. The van der Waals surface area contributed by atoms with Crippen LogP contribution in [-0.2, 0) is 9.47 Å². The Hall–Kier alpha value is -0.0500. The van der Waals surface area contributed by atoms with Gasteiger partial charge in [0, 0.05) is 29.0 Å². The molecular weight excluding hydrogens is 319 g/mol. The third-order valence-electron chi connectivity index (χ3n) is 1.19. The number of hydrogen-bond acceptors (Lipinski definition) is 2. The van der Waals surface area contributed by atoms with Crippen LogP contribution in [0.15, 0.2) is 12.8 Å². The van der Waals surface area contributed by atoms with E-state index in [1.807, 2.05) is 0 Å². The first kappa shape index (κ1) is 13.9. The number of hydrogen-bond donors (Lipinski definition) is 0. The number of rotatable bonds is 5. The van der Waals surface area contributed by atoms with Crippen molar-refractivity contribution in [2.45, 2.75) is 29.7 Å². The van der Waals surface area contributed by atoms with Crippen LogP contribution in [0.5, 0.6) is 0 Å². The lowest BCUT2D eigenvalue weighted by Gasteiger charge is -2.26. The van der Waals surface area contributed by atoms with E-state index in [9.17, 15) is 17.6 Å². The summed E-state index contributed by atoms with van der Waals surface area (Å²) in [7, 11) is 0. The molecule has 0 aliphatic rings. The Morgan fingerprint density at radius 1 is 1.43 bits per heavy atom. The molecule has 0 aliphatic carbocycles. The van der Waals surface area contributed by atoms with Gasteiger partial charge >= 0.3 is 10.0 Å². The van der Waals surface area contributed by atoms with Gasteiger partial charge in [-0.2, -0.15) is 17.6 Å². The third kappa shape index (κ3) is 3.99. The van der Waals surface area contributed by atoms with Crippen LogP contribution in [0.2, 0.25) is 0 Å². The predicted molar refractivity (Wildman–Crippen MR) is 50.4 cm³/mol. The van der Waals surface area contributed by atoms with Gasteiger partial charge in [-0.15, -0.1) is 0 Å². The molecule has 0 N–H and O–H groups in total. The van der Waals surface area contributed by atoms with Gasteiger partial charge in [0.25, 0.3) is 0 Å². The molecule has 14 heavy (non-hydrogen) atoms. The first-order valence-corrected chi connectivity index (χ1v) is 4.71. The van der Waals surface area contributed by atoms with Crippen molar-refractivity contribution in [1.82, 2.24) is 0 Å². The quantitative estimate of drug-likeness (QED) is 0.253. The lowest BCUT2D eigenvalue weighted by molar-refractivity contribution is -0.314. The second-order valence-corrected chi connectivity index (χ2v) is 3.66. The first-order valence-electron chi connectivity index (χ1n) is 3.63. The van der Waals surface area contributed by atoms with Gasteiger partial charge in [-0.05, 0) is 0 Å². The Kier molecular flexibility index (Phi) is 5.13. The van der Waals surface area contributed by atoms with E-state index in [1.54, 1.807) is 0 Å². The Bertz CT molecular complexity index is 193. The summed E-state index contributed by atoms with van der Waals surface area (Å²) in [5.74, 6) is 0. The van der Waals surface area contributed by atoms with Crippen molar-refractivity contribution in [3.63, 3.8) is 0 Å². The van der Waals surface area contributed by atoms with Gasteiger partial charge in [-0.3, -0.25) is 4.74 Å². The van der Waals surface area contributed by atoms with Crippen molar-refractivity contribution in [3.8, 4) is 0 Å². The fourth-order valence-corrected chi connectivity index (χ4v) is 0.830. The van der Waals surface area contributed by atoms with Gasteiger partial charge in [0.2, 0.25) is 6.29 Å². The van der Waals surface area contributed by atoms with Crippen molar-refractivity contribution in [2.24, 2.45) is 0 Å². The second-order valence-electron chi connectivity index (χ2n) is 2.27. The summed E-state index contributed by atoms with van der Waals surface area (Å²) in [4.78, 5) is 0. The molecule has 0 saturated carbocycles. The molecule has 0 saturated heterocycles. The van der Waals surface area contributed by atoms with Crippen molar-refractivity contribution in [2.75, 3.05) is 0 Å². The molecular formula is C7H9F4IO2. The number of ether oxygens (including phenoxy) is 2. The van der Waals surface area contributed by atoms with Crippen LogP contribution < -0.4 is 0 Å². The zero-order valence-corrected chi connectivity index (χ0v) is 9.43. The van der Waals surface area contributed by atoms with E-state index in [4.69, 9.17) is 0 Å². The van der Waals surface area contributed by atoms with Crippen molar-refractivity contribution in [3.05, 3.63) is 12.8 Å². The molecule has 0 bridgehead atoms.